The molecule has 1 aromatic heterocycles. The van der Waals surface area contributed by atoms with Crippen LogP contribution in [0.3, 0.4) is 0 Å². The molecule has 116 valence electrons. The fourth-order valence-corrected chi connectivity index (χ4v) is 2.00. The Morgan fingerprint density at radius 1 is 1.41 bits per heavy atom. The van der Waals surface area contributed by atoms with E-state index in [4.69, 9.17) is 11.6 Å². The van der Waals surface area contributed by atoms with Crippen molar-refractivity contribution in [1.82, 2.24) is 15.3 Å². The predicted octanol–water partition coefficient (Wildman–Crippen LogP) is 2.18. The van der Waals surface area contributed by atoms with Gasteiger partial charge in [-0.1, -0.05) is 17.7 Å². The number of halogens is 3. The molecule has 0 aliphatic rings. The highest BCUT2D eigenvalue weighted by Crippen LogP contribution is 2.20. The summed E-state index contributed by atoms with van der Waals surface area (Å²) in [7, 11) is 0. The lowest BCUT2D eigenvalue weighted by molar-refractivity contribution is 0.0906. The molecule has 2 aromatic rings. The molecule has 0 saturated heterocycles. The molecule has 1 atom stereocenters. The molecule has 2 rings (SSSR count). The van der Waals surface area contributed by atoms with Gasteiger partial charge in [0.05, 0.1) is 16.8 Å². The number of aliphatic hydroxyl groups is 1. The number of aryl methyl sites for hydroxylation is 1. The van der Waals surface area contributed by atoms with Crippen molar-refractivity contribution in [3.63, 3.8) is 0 Å². The van der Waals surface area contributed by atoms with Crippen molar-refractivity contribution < 1.29 is 18.7 Å². The average molecular weight is 328 g/mol. The summed E-state index contributed by atoms with van der Waals surface area (Å²) in [5, 5.41) is 12.2. The van der Waals surface area contributed by atoms with Gasteiger partial charge in [-0.05, 0) is 19.1 Å². The van der Waals surface area contributed by atoms with Crippen LogP contribution in [0, 0.1) is 18.6 Å². The third kappa shape index (κ3) is 3.55. The maximum absolute atomic E-state index is 13.5. The summed E-state index contributed by atoms with van der Waals surface area (Å²) in [6.45, 7) is 1.19. The number of carbonyl (C=O) groups is 1. The summed E-state index contributed by atoms with van der Waals surface area (Å²) < 4.78 is 27.0. The molecule has 1 unspecified atom stereocenters. The number of rotatable bonds is 4. The Labute approximate surface area is 130 Å². The topological polar surface area (TPSA) is 75.1 Å². The molecule has 5 nitrogen and oxygen atoms in total. The molecule has 0 spiro atoms. The Morgan fingerprint density at radius 2 is 2.05 bits per heavy atom. The number of amides is 1. The van der Waals surface area contributed by atoms with E-state index in [0.29, 0.717) is 5.82 Å². The highest BCUT2D eigenvalue weighted by Gasteiger charge is 2.20. The maximum Gasteiger partial charge on any atom is 0.271 e. The monoisotopic (exact) mass is 327 g/mol. The summed E-state index contributed by atoms with van der Waals surface area (Å²) in [5.41, 5.74) is -0.580. The number of hydrogen-bond donors (Lipinski definition) is 2. The van der Waals surface area contributed by atoms with Crippen molar-refractivity contribution in [3.8, 4) is 0 Å². The van der Waals surface area contributed by atoms with E-state index in [9.17, 15) is 18.7 Å². The van der Waals surface area contributed by atoms with Gasteiger partial charge in [-0.15, -0.1) is 0 Å². The molecular weight excluding hydrogens is 316 g/mol. The second-order valence-corrected chi connectivity index (χ2v) is 4.88. The first-order valence-corrected chi connectivity index (χ1v) is 6.67. The van der Waals surface area contributed by atoms with Gasteiger partial charge in [0, 0.05) is 6.54 Å². The van der Waals surface area contributed by atoms with Gasteiger partial charge in [-0.3, -0.25) is 4.79 Å². The molecular formula is C14H12ClF2N3O2. The standard InChI is InChI=1S/C14H12ClF2N3O2/c1-7-18-5-8(15)13(20-7)14(22)19-6-11(21)12-9(16)3-2-4-10(12)17/h2-5,11,21H,6H2,1H3,(H,19,22). The quantitative estimate of drug-likeness (QED) is 0.902. The Kier molecular flexibility index (Phi) is 4.99. The van der Waals surface area contributed by atoms with Gasteiger partial charge in [-0.2, -0.15) is 0 Å². The second kappa shape index (κ2) is 6.76. The summed E-state index contributed by atoms with van der Waals surface area (Å²) in [6.07, 6.45) is -0.266. The van der Waals surface area contributed by atoms with E-state index in [2.05, 4.69) is 15.3 Å². The lowest BCUT2D eigenvalue weighted by Crippen LogP contribution is -2.30. The zero-order chi connectivity index (χ0) is 16.3. The zero-order valence-electron chi connectivity index (χ0n) is 11.5. The Hall–Kier alpha value is -2.12. The molecule has 0 aliphatic carbocycles. The van der Waals surface area contributed by atoms with Crippen LogP contribution >= 0.6 is 11.6 Å². The number of nitrogens with one attached hydrogen (secondary N) is 1. The molecule has 0 saturated carbocycles. The van der Waals surface area contributed by atoms with Gasteiger partial charge in [0.1, 0.15) is 29.3 Å². The predicted molar refractivity (Wildman–Crippen MR) is 75.4 cm³/mol. The molecule has 0 radical (unpaired) electrons. The molecule has 1 aromatic carbocycles. The molecule has 8 heteroatoms. The first-order chi connectivity index (χ1) is 10.4. The first-order valence-electron chi connectivity index (χ1n) is 6.29. The van der Waals surface area contributed by atoms with E-state index in [-0.39, 0.29) is 10.7 Å². The SMILES string of the molecule is Cc1ncc(Cl)c(C(=O)NCC(O)c2c(F)cccc2F)n1. The van der Waals surface area contributed by atoms with Gasteiger partial charge in [-0.25, -0.2) is 18.7 Å². The normalized spacial score (nSPS) is 12.0. The van der Waals surface area contributed by atoms with E-state index in [1.165, 1.54) is 12.3 Å². The number of carbonyl (C=O) groups excluding carboxylic acids is 1. The van der Waals surface area contributed by atoms with Crippen LogP contribution in [0.1, 0.15) is 28.0 Å². The number of nitrogens with zero attached hydrogens (tertiary/aromatic N) is 2. The van der Waals surface area contributed by atoms with Gasteiger partial charge in [0.15, 0.2) is 0 Å². The van der Waals surface area contributed by atoms with Crippen LogP contribution in [0.15, 0.2) is 24.4 Å². The summed E-state index contributed by atoms with van der Waals surface area (Å²) in [5.74, 6) is -2.11. The van der Waals surface area contributed by atoms with E-state index < -0.39 is 35.8 Å². The number of aliphatic hydroxyl groups excluding tert-OH is 1. The van der Waals surface area contributed by atoms with Crippen LogP contribution in [0.25, 0.3) is 0 Å². The average Bonchev–Trinajstić information content (AvgIpc) is 2.47. The van der Waals surface area contributed by atoms with Crippen molar-refractivity contribution in [3.05, 3.63) is 58.1 Å². The van der Waals surface area contributed by atoms with Gasteiger partial charge in [0.2, 0.25) is 0 Å². The van der Waals surface area contributed by atoms with Gasteiger partial charge < -0.3 is 10.4 Å². The fourth-order valence-electron chi connectivity index (χ4n) is 1.82. The Morgan fingerprint density at radius 3 is 2.68 bits per heavy atom. The molecule has 1 heterocycles. The molecule has 22 heavy (non-hydrogen) atoms. The third-order valence-electron chi connectivity index (χ3n) is 2.87. The third-order valence-corrected chi connectivity index (χ3v) is 3.15. The Balaban J connectivity index is 2.09. The first kappa shape index (κ1) is 16.3. The molecule has 0 bridgehead atoms. The largest absolute Gasteiger partial charge is 0.386 e. The minimum atomic E-state index is -1.54. The Bertz CT molecular complexity index is 692. The highest BCUT2D eigenvalue weighted by molar-refractivity contribution is 6.33. The van der Waals surface area contributed by atoms with Crippen molar-refractivity contribution in [2.24, 2.45) is 0 Å². The van der Waals surface area contributed by atoms with Crippen LogP contribution in [-0.4, -0.2) is 27.5 Å². The molecule has 0 fully saturated rings. The summed E-state index contributed by atoms with van der Waals surface area (Å²) in [4.78, 5) is 19.6. The zero-order valence-corrected chi connectivity index (χ0v) is 12.2. The highest BCUT2D eigenvalue weighted by atomic mass is 35.5. The van der Waals surface area contributed by atoms with Crippen molar-refractivity contribution in [1.29, 1.82) is 0 Å². The maximum atomic E-state index is 13.5. The fraction of sp³-hybridized carbons (Fsp3) is 0.214. The van der Waals surface area contributed by atoms with Crippen LogP contribution in [0.5, 0.6) is 0 Å². The van der Waals surface area contributed by atoms with Crippen molar-refractivity contribution >= 4 is 17.5 Å². The minimum absolute atomic E-state index is 0.0367. The number of aromatic nitrogens is 2. The van der Waals surface area contributed by atoms with E-state index in [1.54, 1.807) is 6.92 Å². The number of benzene rings is 1. The second-order valence-electron chi connectivity index (χ2n) is 4.47. The van der Waals surface area contributed by atoms with E-state index in [1.807, 2.05) is 0 Å². The van der Waals surface area contributed by atoms with Gasteiger partial charge in [0.25, 0.3) is 5.91 Å². The van der Waals surface area contributed by atoms with E-state index >= 15 is 0 Å². The molecule has 1 amide bonds. The van der Waals surface area contributed by atoms with Crippen LogP contribution in [-0.2, 0) is 0 Å². The molecule has 2 N–H and O–H groups in total. The van der Waals surface area contributed by atoms with Crippen molar-refractivity contribution in [2.75, 3.05) is 6.54 Å². The summed E-state index contributed by atoms with van der Waals surface area (Å²) >= 11 is 5.81. The van der Waals surface area contributed by atoms with Crippen LogP contribution < -0.4 is 5.32 Å². The van der Waals surface area contributed by atoms with E-state index in [0.717, 1.165) is 12.1 Å². The summed E-state index contributed by atoms with van der Waals surface area (Å²) in [6, 6.07) is 3.23. The smallest absolute Gasteiger partial charge is 0.271 e. The lowest BCUT2D eigenvalue weighted by atomic mass is 10.1. The molecule has 0 aliphatic heterocycles. The lowest BCUT2D eigenvalue weighted by Gasteiger charge is -2.14. The van der Waals surface area contributed by atoms with Crippen LogP contribution in [0.2, 0.25) is 5.02 Å². The number of hydrogen-bond acceptors (Lipinski definition) is 4. The van der Waals surface area contributed by atoms with Gasteiger partial charge >= 0.3 is 0 Å². The van der Waals surface area contributed by atoms with Crippen LogP contribution in [0.4, 0.5) is 8.78 Å². The van der Waals surface area contributed by atoms with Crippen molar-refractivity contribution in [2.45, 2.75) is 13.0 Å². The minimum Gasteiger partial charge on any atom is -0.386 e.